The minimum atomic E-state index is 0.422. The van der Waals surface area contributed by atoms with Crippen molar-refractivity contribution in [1.29, 1.82) is 0 Å². The SMILES string of the molecule is CC(C)CNCc1cccn1CC1CCCO1. The molecule has 1 unspecified atom stereocenters. The molecule has 1 saturated heterocycles. The number of nitrogens with zero attached hydrogens (tertiary/aromatic N) is 1. The maximum Gasteiger partial charge on any atom is 0.0754 e. The molecule has 0 amide bonds. The van der Waals surface area contributed by atoms with Crippen LogP contribution in [0.5, 0.6) is 0 Å². The van der Waals surface area contributed by atoms with Gasteiger partial charge in [0.25, 0.3) is 0 Å². The van der Waals surface area contributed by atoms with Crippen LogP contribution >= 0.6 is 0 Å². The molecular formula is C14H24N2O. The molecule has 0 aliphatic carbocycles. The van der Waals surface area contributed by atoms with Crippen molar-refractivity contribution >= 4 is 0 Å². The van der Waals surface area contributed by atoms with E-state index in [9.17, 15) is 0 Å². The Morgan fingerprint density at radius 2 is 2.41 bits per heavy atom. The summed E-state index contributed by atoms with van der Waals surface area (Å²) >= 11 is 0. The Labute approximate surface area is 104 Å². The number of hydrogen-bond donors (Lipinski definition) is 1. The lowest BCUT2D eigenvalue weighted by Crippen LogP contribution is -2.22. The van der Waals surface area contributed by atoms with E-state index in [0.29, 0.717) is 12.0 Å². The van der Waals surface area contributed by atoms with E-state index < -0.39 is 0 Å². The number of ether oxygens (including phenoxy) is 1. The molecule has 0 bridgehead atoms. The molecule has 1 aromatic rings. The zero-order chi connectivity index (χ0) is 12.1. The molecule has 0 saturated carbocycles. The monoisotopic (exact) mass is 236 g/mol. The second-order valence-corrected chi connectivity index (χ2v) is 5.31. The molecule has 96 valence electrons. The van der Waals surface area contributed by atoms with Gasteiger partial charge in [0.05, 0.1) is 6.10 Å². The Hall–Kier alpha value is -0.800. The molecule has 1 aliphatic heterocycles. The number of rotatable bonds is 6. The molecule has 1 aliphatic rings. The molecule has 1 aromatic heterocycles. The fourth-order valence-corrected chi connectivity index (χ4v) is 2.28. The lowest BCUT2D eigenvalue weighted by molar-refractivity contribution is 0.0963. The second-order valence-electron chi connectivity index (χ2n) is 5.31. The van der Waals surface area contributed by atoms with Gasteiger partial charge in [-0.3, -0.25) is 0 Å². The topological polar surface area (TPSA) is 26.2 Å². The van der Waals surface area contributed by atoms with Crippen molar-refractivity contribution in [2.24, 2.45) is 5.92 Å². The van der Waals surface area contributed by atoms with Gasteiger partial charge in [0.1, 0.15) is 0 Å². The van der Waals surface area contributed by atoms with Crippen molar-refractivity contribution in [3.63, 3.8) is 0 Å². The summed E-state index contributed by atoms with van der Waals surface area (Å²) in [6.45, 7) is 8.44. The van der Waals surface area contributed by atoms with Crippen LogP contribution in [-0.2, 0) is 17.8 Å². The summed E-state index contributed by atoms with van der Waals surface area (Å²) in [5.41, 5.74) is 1.36. The highest BCUT2D eigenvalue weighted by Crippen LogP contribution is 2.15. The summed E-state index contributed by atoms with van der Waals surface area (Å²) < 4.78 is 8.01. The smallest absolute Gasteiger partial charge is 0.0754 e. The van der Waals surface area contributed by atoms with E-state index in [2.05, 4.69) is 42.1 Å². The summed E-state index contributed by atoms with van der Waals surface area (Å²) in [7, 11) is 0. The Bertz CT molecular complexity index is 327. The van der Waals surface area contributed by atoms with Gasteiger partial charge in [0.2, 0.25) is 0 Å². The van der Waals surface area contributed by atoms with Crippen LogP contribution in [0.4, 0.5) is 0 Å². The molecule has 0 aromatic carbocycles. The molecule has 3 heteroatoms. The van der Waals surface area contributed by atoms with Crippen molar-refractivity contribution in [3.8, 4) is 0 Å². The molecule has 0 radical (unpaired) electrons. The minimum absolute atomic E-state index is 0.422. The van der Waals surface area contributed by atoms with Crippen LogP contribution < -0.4 is 5.32 Å². The van der Waals surface area contributed by atoms with E-state index in [1.54, 1.807) is 0 Å². The van der Waals surface area contributed by atoms with Crippen molar-refractivity contribution in [3.05, 3.63) is 24.0 Å². The van der Waals surface area contributed by atoms with Crippen LogP contribution in [0.2, 0.25) is 0 Å². The average Bonchev–Trinajstić information content (AvgIpc) is 2.91. The zero-order valence-corrected chi connectivity index (χ0v) is 11.0. The molecule has 3 nitrogen and oxygen atoms in total. The number of aromatic nitrogens is 1. The van der Waals surface area contributed by atoms with Crippen LogP contribution in [0.15, 0.2) is 18.3 Å². The standard InChI is InChI=1S/C14H24N2O/c1-12(2)9-15-10-13-5-3-7-16(13)11-14-6-4-8-17-14/h3,5,7,12,14-15H,4,6,8-11H2,1-2H3. The lowest BCUT2D eigenvalue weighted by atomic mass is 10.2. The van der Waals surface area contributed by atoms with Crippen molar-refractivity contribution in [2.45, 2.75) is 45.9 Å². The summed E-state index contributed by atoms with van der Waals surface area (Å²) in [5.74, 6) is 0.705. The third kappa shape index (κ3) is 3.86. The molecule has 1 atom stereocenters. The third-order valence-electron chi connectivity index (χ3n) is 3.21. The molecule has 2 heterocycles. The first kappa shape index (κ1) is 12.7. The molecular weight excluding hydrogens is 212 g/mol. The van der Waals surface area contributed by atoms with Crippen LogP contribution in [0.25, 0.3) is 0 Å². The first-order valence-electron chi connectivity index (χ1n) is 6.72. The average molecular weight is 236 g/mol. The van der Waals surface area contributed by atoms with E-state index in [-0.39, 0.29) is 0 Å². The first-order valence-corrected chi connectivity index (χ1v) is 6.72. The van der Waals surface area contributed by atoms with Gasteiger partial charge in [-0.2, -0.15) is 0 Å². The van der Waals surface area contributed by atoms with Crippen LogP contribution in [0.1, 0.15) is 32.4 Å². The van der Waals surface area contributed by atoms with E-state index in [0.717, 1.165) is 26.2 Å². The summed E-state index contributed by atoms with van der Waals surface area (Å²) in [4.78, 5) is 0. The van der Waals surface area contributed by atoms with E-state index in [1.165, 1.54) is 18.5 Å². The van der Waals surface area contributed by atoms with Gasteiger partial charge >= 0.3 is 0 Å². The maximum atomic E-state index is 5.68. The van der Waals surface area contributed by atoms with Gasteiger partial charge in [-0.1, -0.05) is 13.8 Å². The van der Waals surface area contributed by atoms with Gasteiger partial charge < -0.3 is 14.6 Å². The Kier molecular flexibility index (Phi) is 4.63. The fourth-order valence-electron chi connectivity index (χ4n) is 2.28. The van der Waals surface area contributed by atoms with Crippen LogP contribution in [0, 0.1) is 5.92 Å². The fraction of sp³-hybridized carbons (Fsp3) is 0.714. The normalized spacial score (nSPS) is 20.3. The summed E-state index contributed by atoms with van der Waals surface area (Å²) in [5, 5.41) is 3.49. The van der Waals surface area contributed by atoms with Gasteiger partial charge in [-0.05, 0) is 37.4 Å². The molecule has 17 heavy (non-hydrogen) atoms. The first-order chi connectivity index (χ1) is 8.25. The zero-order valence-electron chi connectivity index (χ0n) is 11.0. The lowest BCUT2D eigenvalue weighted by Gasteiger charge is -2.15. The maximum absolute atomic E-state index is 5.68. The summed E-state index contributed by atoms with van der Waals surface area (Å²) in [6.07, 6.45) is 5.00. The number of nitrogens with one attached hydrogen (secondary N) is 1. The Morgan fingerprint density at radius 1 is 1.53 bits per heavy atom. The summed E-state index contributed by atoms with van der Waals surface area (Å²) in [6, 6.07) is 4.32. The predicted molar refractivity (Wildman–Crippen MR) is 70.0 cm³/mol. The van der Waals surface area contributed by atoms with Crippen molar-refractivity contribution in [2.75, 3.05) is 13.2 Å². The van der Waals surface area contributed by atoms with Crippen molar-refractivity contribution < 1.29 is 4.74 Å². The quantitative estimate of drug-likeness (QED) is 0.821. The van der Waals surface area contributed by atoms with Gasteiger partial charge in [0, 0.05) is 31.6 Å². The van der Waals surface area contributed by atoms with E-state index in [4.69, 9.17) is 4.74 Å². The Balaban J connectivity index is 1.83. The van der Waals surface area contributed by atoms with E-state index in [1.807, 2.05) is 0 Å². The van der Waals surface area contributed by atoms with Gasteiger partial charge in [0.15, 0.2) is 0 Å². The molecule has 1 fully saturated rings. The van der Waals surface area contributed by atoms with Crippen molar-refractivity contribution in [1.82, 2.24) is 9.88 Å². The predicted octanol–water partition coefficient (Wildman–Crippen LogP) is 2.41. The third-order valence-corrected chi connectivity index (χ3v) is 3.21. The largest absolute Gasteiger partial charge is 0.376 e. The highest BCUT2D eigenvalue weighted by Gasteiger charge is 2.16. The highest BCUT2D eigenvalue weighted by molar-refractivity contribution is 5.07. The second kappa shape index (κ2) is 6.22. The number of hydrogen-bond acceptors (Lipinski definition) is 2. The molecule has 1 N–H and O–H groups in total. The van der Waals surface area contributed by atoms with Crippen LogP contribution in [-0.4, -0.2) is 23.8 Å². The molecule has 0 spiro atoms. The van der Waals surface area contributed by atoms with Crippen LogP contribution in [0.3, 0.4) is 0 Å². The van der Waals surface area contributed by atoms with Gasteiger partial charge in [-0.25, -0.2) is 0 Å². The van der Waals surface area contributed by atoms with Gasteiger partial charge in [-0.15, -0.1) is 0 Å². The Morgan fingerprint density at radius 3 is 3.12 bits per heavy atom. The molecule has 2 rings (SSSR count). The van der Waals surface area contributed by atoms with E-state index >= 15 is 0 Å². The minimum Gasteiger partial charge on any atom is -0.376 e. The highest BCUT2D eigenvalue weighted by atomic mass is 16.5.